The summed E-state index contributed by atoms with van der Waals surface area (Å²) < 4.78 is 5.87. The summed E-state index contributed by atoms with van der Waals surface area (Å²) in [4.78, 5) is 26.0. The molecule has 6 heteroatoms. The number of esters is 1. The van der Waals surface area contributed by atoms with E-state index in [1.165, 1.54) is 109 Å². The van der Waals surface area contributed by atoms with Gasteiger partial charge in [-0.1, -0.05) is 235 Å². The number of carbonyl (C=O) groups excluding carboxylic acids is 2. The molecule has 0 spiro atoms. The van der Waals surface area contributed by atoms with Gasteiger partial charge in [0.15, 0.2) is 0 Å². The topological polar surface area (TPSA) is 95.9 Å². The second kappa shape index (κ2) is 48.3. The highest BCUT2D eigenvalue weighted by Gasteiger charge is 2.24. The Bertz CT molecular complexity index is 1140. The van der Waals surface area contributed by atoms with Gasteiger partial charge in [-0.3, -0.25) is 9.59 Å². The summed E-state index contributed by atoms with van der Waals surface area (Å²) in [5.41, 5.74) is 0. The van der Waals surface area contributed by atoms with Gasteiger partial charge in [0.1, 0.15) is 6.10 Å². The molecule has 1 amide bonds. The van der Waals surface area contributed by atoms with Gasteiger partial charge in [0.25, 0.3) is 0 Å². The lowest BCUT2D eigenvalue weighted by molar-refractivity contribution is -0.150. The molecule has 6 nitrogen and oxygen atoms in total. The van der Waals surface area contributed by atoms with Crippen LogP contribution in [0.1, 0.15) is 239 Å². The number of rotatable bonds is 45. The molecule has 3 N–H and O–H groups in total. The summed E-state index contributed by atoms with van der Waals surface area (Å²) in [5, 5.41) is 23.7. The lowest BCUT2D eigenvalue weighted by atomic mass is 10.0. The fourth-order valence-electron chi connectivity index (χ4n) is 7.46. The fraction of sp³-hybridized carbons (Fsp3) is 0.745. The third-order valence-electron chi connectivity index (χ3n) is 11.3. The minimum absolute atomic E-state index is 0.0464. The molecule has 0 aromatic heterocycles. The Morgan fingerprint density at radius 2 is 0.852 bits per heavy atom. The number of allylic oxidation sites excluding steroid dienone is 12. The molecule has 0 heterocycles. The summed E-state index contributed by atoms with van der Waals surface area (Å²) in [5.74, 6) is -0.574. The maximum Gasteiger partial charge on any atom is 0.306 e. The Labute approximate surface area is 377 Å². The van der Waals surface area contributed by atoms with E-state index in [4.69, 9.17) is 4.74 Å². The molecule has 0 rings (SSSR count). The van der Waals surface area contributed by atoms with Crippen LogP contribution in [0.3, 0.4) is 0 Å². The number of carbonyl (C=O) groups is 2. The van der Waals surface area contributed by atoms with E-state index >= 15 is 0 Å². The first kappa shape index (κ1) is 58.3. The number of unbranched alkanes of at least 4 members (excludes halogenated alkanes) is 21. The zero-order valence-corrected chi connectivity index (χ0v) is 40.0. The first-order valence-corrected chi connectivity index (χ1v) is 25.7. The monoisotopic (exact) mass is 852 g/mol. The smallest absolute Gasteiger partial charge is 0.306 e. The van der Waals surface area contributed by atoms with E-state index in [1.54, 1.807) is 0 Å². The van der Waals surface area contributed by atoms with Gasteiger partial charge in [0.05, 0.1) is 25.2 Å². The van der Waals surface area contributed by atoms with Crippen molar-refractivity contribution in [2.24, 2.45) is 0 Å². The van der Waals surface area contributed by atoms with Gasteiger partial charge in [-0.05, 0) is 64.2 Å². The molecule has 0 bridgehead atoms. The first-order chi connectivity index (χ1) is 30.0. The Morgan fingerprint density at radius 3 is 1.25 bits per heavy atom. The average Bonchev–Trinajstić information content (AvgIpc) is 3.25. The quantitative estimate of drug-likeness (QED) is 0.0322. The molecule has 0 fully saturated rings. The number of amides is 1. The summed E-state index contributed by atoms with van der Waals surface area (Å²) >= 11 is 0. The van der Waals surface area contributed by atoms with Crippen LogP contribution >= 0.6 is 0 Å². The van der Waals surface area contributed by atoms with Crippen LogP contribution in [0, 0.1) is 0 Å². The van der Waals surface area contributed by atoms with Crippen molar-refractivity contribution in [3.63, 3.8) is 0 Å². The molecule has 0 aromatic carbocycles. The lowest BCUT2D eigenvalue weighted by Crippen LogP contribution is -2.46. The van der Waals surface area contributed by atoms with Gasteiger partial charge in [-0.15, -0.1) is 0 Å². The molecule has 0 aliphatic rings. The average molecular weight is 852 g/mol. The maximum atomic E-state index is 13.2. The van der Waals surface area contributed by atoms with E-state index in [9.17, 15) is 19.8 Å². The number of aliphatic hydroxyl groups excluding tert-OH is 2. The van der Waals surface area contributed by atoms with Crippen molar-refractivity contribution in [2.45, 2.75) is 257 Å². The zero-order valence-electron chi connectivity index (χ0n) is 40.0. The van der Waals surface area contributed by atoms with Crippen LogP contribution in [0.2, 0.25) is 0 Å². The predicted octanol–water partition coefficient (Wildman–Crippen LogP) is 15.4. The second-order valence-electron chi connectivity index (χ2n) is 17.2. The van der Waals surface area contributed by atoms with Gasteiger partial charge in [0.2, 0.25) is 5.91 Å². The highest BCUT2D eigenvalue weighted by Crippen LogP contribution is 2.17. The van der Waals surface area contributed by atoms with Crippen LogP contribution < -0.4 is 5.32 Å². The molecule has 0 saturated heterocycles. The van der Waals surface area contributed by atoms with E-state index in [0.717, 1.165) is 77.0 Å². The normalized spacial score (nSPS) is 13.9. The van der Waals surface area contributed by atoms with Gasteiger partial charge in [0, 0.05) is 6.42 Å². The number of hydrogen-bond acceptors (Lipinski definition) is 5. The minimum Gasteiger partial charge on any atom is -0.462 e. The van der Waals surface area contributed by atoms with Crippen LogP contribution in [0.25, 0.3) is 0 Å². The summed E-state index contributed by atoms with van der Waals surface area (Å²) in [6.45, 7) is 6.34. The Morgan fingerprint density at radius 1 is 0.492 bits per heavy atom. The number of aliphatic hydroxyl groups is 2. The van der Waals surface area contributed by atoms with E-state index in [2.05, 4.69) is 92.9 Å². The van der Waals surface area contributed by atoms with Crippen molar-refractivity contribution in [3.8, 4) is 0 Å². The standard InChI is InChI=1S/C55H97NO5/c1-4-7-10-13-16-19-21-23-25-26-27-28-29-31-33-36-39-42-45-48-55(60)61-51(46-43-40-37-34-18-15-12-9-6-3)49-54(59)56-52(50-57)53(58)47-44-41-38-35-32-30-24-22-20-17-14-11-8-5-2/h7,10,16,19,23,25,27-28,31,33,39,42,51-53,57-58H,4-6,8-9,11-15,17-18,20-22,24,26,29-30,32,34-38,40-41,43-50H2,1-3H3,(H,56,59)/b10-7-,19-16-,25-23-,28-27-,33-31-,42-39-. The lowest BCUT2D eigenvalue weighted by Gasteiger charge is -2.24. The van der Waals surface area contributed by atoms with Gasteiger partial charge >= 0.3 is 5.97 Å². The van der Waals surface area contributed by atoms with Crippen LogP contribution in [0.4, 0.5) is 0 Å². The third-order valence-corrected chi connectivity index (χ3v) is 11.3. The van der Waals surface area contributed by atoms with Crippen molar-refractivity contribution >= 4 is 11.9 Å². The number of ether oxygens (including phenoxy) is 1. The van der Waals surface area contributed by atoms with Crippen molar-refractivity contribution in [2.75, 3.05) is 6.61 Å². The SMILES string of the molecule is CC/C=C\C/C=C\C/C=C\C/C=C\C/C=C\C/C=C\CCC(=O)OC(CCCCCCCCCCC)CC(=O)NC(CO)C(O)CCCCCCCCCCCCCCCC. The van der Waals surface area contributed by atoms with E-state index < -0.39 is 18.2 Å². The molecular weight excluding hydrogens is 755 g/mol. The molecule has 0 saturated carbocycles. The van der Waals surface area contributed by atoms with Crippen LogP contribution in [-0.4, -0.2) is 46.9 Å². The molecule has 0 aliphatic carbocycles. The second-order valence-corrected chi connectivity index (χ2v) is 17.2. The first-order valence-electron chi connectivity index (χ1n) is 25.7. The molecule has 61 heavy (non-hydrogen) atoms. The number of hydrogen-bond donors (Lipinski definition) is 3. The van der Waals surface area contributed by atoms with E-state index in [-0.39, 0.29) is 31.3 Å². The Balaban J connectivity index is 4.58. The van der Waals surface area contributed by atoms with E-state index in [1.807, 2.05) is 6.08 Å². The maximum absolute atomic E-state index is 13.2. The van der Waals surface area contributed by atoms with Crippen molar-refractivity contribution in [1.82, 2.24) is 5.32 Å². The van der Waals surface area contributed by atoms with Gasteiger partial charge in [-0.2, -0.15) is 0 Å². The highest BCUT2D eigenvalue weighted by atomic mass is 16.5. The Hall–Kier alpha value is -2.70. The van der Waals surface area contributed by atoms with E-state index in [0.29, 0.717) is 19.3 Å². The minimum atomic E-state index is -0.800. The molecule has 3 atom stereocenters. The van der Waals surface area contributed by atoms with Crippen molar-refractivity contribution < 1.29 is 24.5 Å². The van der Waals surface area contributed by atoms with Crippen LogP contribution in [0.15, 0.2) is 72.9 Å². The van der Waals surface area contributed by atoms with Crippen LogP contribution in [-0.2, 0) is 14.3 Å². The zero-order chi connectivity index (χ0) is 44.5. The van der Waals surface area contributed by atoms with Gasteiger partial charge in [-0.25, -0.2) is 0 Å². The largest absolute Gasteiger partial charge is 0.462 e. The van der Waals surface area contributed by atoms with Crippen molar-refractivity contribution in [3.05, 3.63) is 72.9 Å². The third kappa shape index (κ3) is 43.7. The summed E-state index contributed by atoms with van der Waals surface area (Å²) in [6.07, 6.45) is 61.2. The molecule has 0 aliphatic heterocycles. The van der Waals surface area contributed by atoms with Gasteiger partial charge < -0.3 is 20.3 Å². The molecular formula is C55H97NO5. The molecule has 352 valence electrons. The predicted molar refractivity (Wildman–Crippen MR) is 264 cm³/mol. The molecule has 0 radical (unpaired) electrons. The fourth-order valence-corrected chi connectivity index (χ4v) is 7.46. The molecule has 0 aromatic rings. The highest BCUT2D eigenvalue weighted by molar-refractivity contribution is 5.77. The number of nitrogens with one attached hydrogen (secondary N) is 1. The summed E-state index contributed by atoms with van der Waals surface area (Å²) in [6, 6.07) is -0.716. The molecule has 3 unspecified atom stereocenters. The Kier molecular flexibility index (Phi) is 46.2. The van der Waals surface area contributed by atoms with Crippen molar-refractivity contribution in [1.29, 1.82) is 0 Å². The summed E-state index contributed by atoms with van der Waals surface area (Å²) in [7, 11) is 0. The van der Waals surface area contributed by atoms with Crippen LogP contribution in [0.5, 0.6) is 0 Å².